The van der Waals surface area contributed by atoms with Crippen molar-refractivity contribution in [2.24, 2.45) is 5.73 Å². The van der Waals surface area contributed by atoms with Crippen molar-refractivity contribution in [3.63, 3.8) is 0 Å². The molecule has 4 heteroatoms. The van der Waals surface area contributed by atoms with Gasteiger partial charge in [-0.2, -0.15) is 0 Å². The topological polar surface area (TPSA) is 64.7 Å². The second-order valence-electron chi connectivity index (χ2n) is 3.53. The van der Waals surface area contributed by atoms with Gasteiger partial charge in [0.2, 0.25) is 12.5 Å². The molecule has 1 aliphatic rings. The summed E-state index contributed by atoms with van der Waals surface area (Å²) in [6.07, 6.45) is 0.712. The molecule has 0 aliphatic carbocycles. The Labute approximate surface area is 82.2 Å². The molecule has 76 valence electrons. The second kappa shape index (κ2) is 3.38. The van der Waals surface area contributed by atoms with Crippen LogP contribution in [0.25, 0.3) is 0 Å². The predicted molar refractivity (Wildman–Crippen MR) is 51.6 cm³/mol. The lowest BCUT2D eigenvalue weighted by Crippen LogP contribution is -2.17. The van der Waals surface area contributed by atoms with Gasteiger partial charge in [0.05, 0.1) is 0 Å². The van der Waals surface area contributed by atoms with Crippen LogP contribution in [-0.2, 0) is 6.42 Å². The molecule has 1 atom stereocenters. The smallest absolute Gasteiger partial charge is 0.231 e. The average molecular weight is 195 g/mol. The molecule has 1 aliphatic heterocycles. The minimum Gasteiger partial charge on any atom is -0.504 e. The third-order valence-electron chi connectivity index (χ3n) is 2.07. The average Bonchev–Trinajstić information content (AvgIpc) is 2.50. The third-order valence-corrected chi connectivity index (χ3v) is 2.07. The lowest BCUT2D eigenvalue weighted by molar-refractivity contribution is 0.171. The van der Waals surface area contributed by atoms with Gasteiger partial charge in [-0.3, -0.25) is 0 Å². The van der Waals surface area contributed by atoms with Crippen molar-refractivity contribution in [3.05, 3.63) is 17.7 Å². The van der Waals surface area contributed by atoms with E-state index >= 15 is 0 Å². The Kier molecular flexibility index (Phi) is 2.21. The van der Waals surface area contributed by atoms with E-state index in [9.17, 15) is 5.11 Å². The number of hydrogen-bond acceptors (Lipinski definition) is 4. The number of rotatable bonds is 2. The number of phenolic OH excluding ortho intramolecular Hbond substituents is 1. The molecule has 0 spiro atoms. The summed E-state index contributed by atoms with van der Waals surface area (Å²) in [5, 5.41) is 9.58. The van der Waals surface area contributed by atoms with Crippen LogP contribution in [0.3, 0.4) is 0 Å². The number of aromatic hydroxyl groups is 1. The van der Waals surface area contributed by atoms with Gasteiger partial charge in [0.15, 0.2) is 11.5 Å². The van der Waals surface area contributed by atoms with Crippen LogP contribution >= 0.6 is 0 Å². The number of benzene rings is 1. The van der Waals surface area contributed by atoms with Crippen molar-refractivity contribution in [3.8, 4) is 17.2 Å². The van der Waals surface area contributed by atoms with Crippen molar-refractivity contribution in [1.29, 1.82) is 0 Å². The van der Waals surface area contributed by atoms with Crippen molar-refractivity contribution < 1.29 is 14.6 Å². The highest BCUT2D eigenvalue weighted by Gasteiger charge is 2.18. The Hall–Kier alpha value is -1.42. The molecule has 0 saturated carbocycles. The minimum atomic E-state index is 0.0646. The van der Waals surface area contributed by atoms with Gasteiger partial charge in [-0.1, -0.05) is 0 Å². The molecule has 0 unspecified atom stereocenters. The molecule has 2 rings (SSSR count). The minimum absolute atomic E-state index is 0.0646. The van der Waals surface area contributed by atoms with Gasteiger partial charge in [-0.25, -0.2) is 0 Å². The lowest BCUT2D eigenvalue weighted by atomic mass is 10.1. The molecule has 1 heterocycles. The van der Waals surface area contributed by atoms with E-state index in [1.807, 2.05) is 13.0 Å². The molecule has 3 N–H and O–H groups in total. The summed E-state index contributed by atoms with van der Waals surface area (Å²) in [7, 11) is 0. The Bertz CT molecular complexity index is 349. The lowest BCUT2D eigenvalue weighted by Gasteiger charge is -2.07. The first-order valence-corrected chi connectivity index (χ1v) is 4.54. The van der Waals surface area contributed by atoms with E-state index in [1.54, 1.807) is 6.07 Å². The fourth-order valence-electron chi connectivity index (χ4n) is 1.54. The fourth-order valence-corrected chi connectivity index (χ4v) is 1.54. The first kappa shape index (κ1) is 9.15. The summed E-state index contributed by atoms with van der Waals surface area (Å²) < 4.78 is 10.3. The van der Waals surface area contributed by atoms with Crippen LogP contribution in [-0.4, -0.2) is 17.9 Å². The van der Waals surface area contributed by atoms with E-state index in [1.165, 1.54) is 0 Å². The van der Waals surface area contributed by atoms with Crippen LogP contribution in [0.1, 0.15) is 12.5 Å². The summed E-state index contributed by atoms with van der Waals surface area (Å²) >= 11 is 0. The maximum absolute atomic E-state index is 9.58. The third kappa shape index (κ3) is 1.61. The van der Waals surface area contributed by atoms with E-state index in [0.717, 1.165) is 5.56 Å². The maximum atomic E-state index is 9.58. The highest BCUT2D eigenvalue weighted by Crippen LogP contribution is 2.41. The molecule has 0 fully saturated rings. The van der Waals surface area contributed by atoms with Gasteiger partial charge in [0.1, 0.15) is 0 Å². The maximum Gasteiger partial charge on any atom is 0.231 e. The van der Waals surface area contributed by atoms with Gasteiger partial charge in [0.25, 0.3) is 0 Å². The molecular formula is C10H13NO3. The standard InChI is InChI=1S/C10H13NO3/c1-6(11)2-7-3-8(12)10-9(4-7)13-5-14-10/h3-4,6,12H,2,5,11H2,1H3/t6-/m1/s1. The molecule has 1 aromatic rings. The van der Waals surface area contributed by atoms with Gasteiger partial charge >= 0.3 is 0 Å². The molecule has 0 saturated heterocycles. The van der Waals surface area contributed by atoms with E-state index in [4.69, 9.17) is 15.2 Å². The zero-order valence-corrected chi connectivity index (χ0v) is 7.99. The van der Waals surface area contributed by atoms with Crippen LogP contribution in [0.4, 0.5) is 0 Å². The van der Waals surface area contributed by atoms with E-state index in [2.05, 4.69) is 0 Å². The Morgan fingerprint density at radius 3 is 3.00 bits per heavy atom. The van der Waals surface area contributed by atoms with E-state index in [0.29, 0.717) is 17.9 Å². The van der Waals surface area contributed by atoms with Crippen LogP contribution in [0.5, 0.6) is 17.2 Å². The van der Waals surface area contributed by atoms with Gasteiger partial charge in [-0.05, 0) is 31.0 Å². The Balaban J connectivity index is 2.32. The first-order chi connectivity index (χ1) is 6.66. The predicted octanol–water partition coefficient (Wildman–Crippen LogP) is 1.01. The van der Waals surface area contributed by atoms with Gasteiger partial charge in [-0.15, -0.1) is 0 Å². The van der Waals surface area contributed by atoms with Crippen LogP contribution in [0, 0.1) is 0 Å². The van der Waals surface area contributed by atoms with E-state index in [-0.39, 0.29) is 18.6 Å². The Morgan fingerprint density at radius 2 is 2.29 bits per heavy atom. The van der Waals surface area contributed by atoms with Crippen molar-refractivity contribution in [2.45, 2.75) is 19.4 Å². The highest BCUT2D eigenvalue weighted by molar-refractivity contribution is 5.54. The molecule has 0 radical (unpaired) electrons. The number of ether oxygens (including phenoxy) is 2. The number of phenols is 1. The Morgan fingerprint density at radius 1 is 1.50 bits per heavy atom. The molecule has 1 aromatic carbocycles. The molecular weight excluding hydrogens is 182 g/mol. The number of fused-ring (bicyclic) bond motifs is 1. The zero-order chi connectivity index (χ0) is 10.1. The fraction of sp³-hybridized carbons (Fsp3) is 0.400. The molecule has 14 heavy (non-hydrogen) atoms. The molecule has 4 nitrogen and oxygen atoms in total. The van der Waals surface area contributed by atoms with Crippen LogP contribution in [0.2, 0.25) is 0 Å². The van der Waals surface area contributed by atoms with Crippen molar-refractivity contribution >= 4 is 0 Å². The SMILES string of the molecule is C[C@@H](N)Cc1cc(O)c2c(c1)OCO2. The molecule has 0 aromatic heterocycles. The molecule has 0 amide bonds. The van der Waals surface area contributed by atoms with Crippen molar-refractivity contribution in [1.82, 2.24) is 0 Å². The van der Waals surface area contributed by atoms with Crippen LogP contribution < -0.4 is 15.2 Å². The largest absolute Gasteiger partial charge is 0.504 e. The van der Waals surface area contributed by atoms with Crippen molar-refractivity contribution in [2.75, 3.05) is 6.79 Å². The monoisotopic (exact) mass is 195 g/mol. The summed E-state index contributed by atoms with van der Waals surface area (Å²) in [6, 6.07) is 3.58. The quantitative estimate of drug-likeness (QED) is 0.739. The summed E-state index contributed by atoms with van der Waals surface area (Å²) in [6.45, 7) is 2.09. The normalized spacial score (nSPS) is 15.6. The molecule has 0 bridgehead atoms. The number of hydrogen-bond donors (Lipinski definition) is 2. The zero-order valence-electron chi connectivity index (χ0n) is 7.99. The van der Waals surface area contributed by atoms with Gasteiger partial charge < -0.3 is 20.3 Å². The van der Waals surface area contributed by atoms with Gasteiger partial charge in [0, 0.05) is 6.04 Å². The second-order valence-corrected chi connectivity index (χ2v) is 3.53. The number of nitrogens with two attached hydrogens (primary N) is 1. The van der Waals surface area contributed by atoms with E-state index < -0.39 is 0 Å². The summed E-state index contributed by atoms with van der Waals surface area (Å²) in [5.74, 6) is 1.15. The summed E-state index contributed by atoms with van der Waals surface area (Å²) in [4.78, 5) is 0. The first-order valence-electron chi connectivity index (χ1n) is 4.54. The highest BCUT2D eigenvalue weighted by atomic mass is 16.7. The van der Waals surface area contributed by atoms with Crippen LogP contribution in [0.15, 0.2) is 12.1 Å². The summed E-state index contributed by atoms with van der Waals surface area (Å²) in [5.41, 5.74) is 6.63.